The average Bonchev–Trinajstić information content (AvgIpc) is 2.38. The van der Waals surface area contributed by atoms with Gasteiger partial charge in [0.15, 0.2) is 0 Å². The van der Waals surface area contributed by atoms with Crippen LogP contribution in [-0.2, 0) is 6.54 Å². The van der Waals surface area contributed by atoms with E-state index in [0.717, 1.165) is 17.4 Å². The molecular formula is C13H22N4. The second-order valence-corrected chi connectivity index (χ2v) is 5.11. The fourth-order valence-corrected chi connectivity index (χ4v) is 2.60. The molecule has 1 aromatic heterocycles. The van der Waals surface area contributed by atoms with E-state index in [1.165, 1.54) is 25.7 Å². The van der Waals surface area contributed by atoms with E-state index >= 15 is 0 Å². The summed E-state index contributed by atoms with van der Waals surface area (Å²) in [6.45, 7) is 2.79. The van der Waals surface area contributed by atoms with Crippen molar-refractivity contribution >= 4 is 5.82 Å². The van der Waals surface area contributed by atoms with Gasteiger partial charge in [0, 0.05) is 25.8 Å². The Morgan fingerprint density at radius 1 is 1.41 bits per heavy atom. The highest BCUT2D eigenvalue weighted by molar-refractivity contribution is 5.36. The van der Waals surface area contributed by atoms with Crippen molar-refractivity contribution in [1.29, 1.82) is 0 Å². The van der Waals surface area contributed by atoms with Gasteiger partial charge in [-0.05, 0) is 18.8 Å². The van der Waals surface area contributed by atoms with E-state index < -0.39 is 0 Å². The molecule has 0 saturated heterocycles. The highest BCUT2D eigenvalue weighted by atomic mass is 15.2. The lowest BCUT2D eigenvalue weighted by molar-refractivity contribution is 0.335. The summed E-state index contributed by atoms with van der Waals surface area (Å²) in [5.74, 6) is 1.77. The Balaban J connectivity index is 2.09. The predicted molar refractivity (Wildman–Crippen MR) is 69.7 cm³/mol. The molecule has 1 aromatic rings. The summed E-state index contributed by atoms with van der Waals surface area (Å²) in [4.78, 5) is 11.0. The lowest BCUT2D eigenvalue weighted by Crippen LogP contribution is -2.36. The Hall–Kier alpha value is -1.16. The van der Waals surface area contributed by atoms with Crippen molar-refractivity contribution in [1.82, 2.24) is 9.97 Å². The van der Waals surface area contributed by atoms with Crippen LogP contribution in [0, 0.1) is 5.92 Å². The average molecular weight is 234 g/mol. The quantitative estimate of drug-likeness (QED) is 0.868. The van der Waals surface area contributed by atoms with E-state index in [1.54, 1.807) is 6.20 Å². The summed E-state index contributed by atoms with van der Waals surface area (Å²) in [6, 6.07) is 0.598. The second kappa shape index (κ2) is 5.45. The molecule has 2 rings (SSSR count). The molecule has 0 radical (unpaired) electrons. The zero-order chi connectivity index (χ0) is 12.3. The lowest BCUT2D eigenvalue weighted by Gasteiger charge is -2.34. The van der Waals surface area contributed by atoms with Crippen molar-refractivity contribution in [3.63, 3.8) is 0 Å². The van der Waals surface area contributed by atoms with Crippen LogP contribution in [0.4, 0.5) is 5.82 Å². The molecule has 2 atom stereocenters. The van der Waals surface area contributed by atoms with Gasteiger partial charge in [-0.25, -0.2) is 4.98 Å². The summed E-state index contributed by atoms with van der Waals surface area (Å²) in [5, 5.41) is 0. The van der Waals surface area contributed by atoms with Gasteiger partial charge in [-0.15, -0.1) is 0 Å². The minimum absolute atomic E-state index is 0.454. The number of nitrogens with zero attached hydrogens (tertiary/aromatic N) is 3. The smallest absolute Gasteiger partial charge is 0.147 e. The molecule has 0 spiro atoms. The van der Waals surface area contributed by atoms with Crippen LogP contribution in [0.1, 0.15) is 38.3 Å². The largest absolute Gasteiger partial charge is 0.355 e. The third-order valence-electron chi connectivity index (χ3n) is 3.70. The molecule has 2 unspecified atom stereocenters. The number of hydrogen-bond acceptors (Lipinski definition) is 4. The summed E-state index contributed by atoms with van der Waals surface area (Å²) in [6.07, 6.45) is 8.76. The van der Waals surface area contributed by atoms with Crippen molar-refractivity contribution in [2.45, 2.75) is 45.2 Å². The lowest BCUT2D eigenvalue weighted by atomic mass is 9.86. The summed E-state index contributed by atoms with van der Waals surface area (Å²) < 4.78 is 0. The molecule has 1 heterocycles. The Labute approximate surface area is 103 Å². The highest BCUT2D eigenvalue weighted by Gasteiger charge is 2.23. The number of hydrogen-bond donors (Lipinski definition) is 1. The Bertz CT molecular complexity index is 366. The summed E-state index contributed by atoms with van der Waals surface area (Å²) in [7, 11) is 2.12. The first-order valence-corrected chi connectivity index (χ1v) is 6.44. The van der Waals surface area contributed by atoms with Crippen LogP contribution in [0.2, 0.25) is 0 Å². The summed E-state index contributed by atoms with van der Waals surface area (Å²) in [5.41, 5.74) is 6.46. The number of rotatable bonds is 3. The minimum atomic E-state index is 0.454. The van der Waals surface area contributed by atoms with Crippen LogP contribution in [0.3, 0.4) is 0 Å². The van der Waals surface area contributed by atoms with Gasteiger partial charge >= 0.3 is 0 Å². The molecule has 1 aliphatic carbocycles. The molecule has 1 fully saturated rings. The van der Waals surface area contributed by atoms with Crippen LogP contribution in [0.15, 0.2) is 12.4 Å². The number of nitrogens with two attached hydrogens (primary N) is 1. The van der Waals surface area contributed by atoms with Crippen molar-refractivity contribution in [2.24, 2.45) is 11.7 Å². The molecule has 0 bridgehead atoms. The first-order chi connectivity index (χ1) is 8.20. The van der Waals surface area contributed by atoms with Crippen molar-refractivity contribution < 1.29 is 0 Å². The molecule has 17 heavy (non-hydrogen) atoms. The maximum atomic E-state index is 5.60. The normalized spacial score (nSPS) is 24.6. The van der Waals surface area contributed by atoms with Crippen LogP contribution < -0.4 is 10.6 Å². The van der Waals surface area contributed by atoms with E-state index in [4.69, 9.17) is 5.73 Å². The monoisotopic (exact) mass is 234 g/mol. The molecule has 2 N–H and O–H groups in total. The molecular weight excluding hydrogens is 212 g/mol. The Morgan fingerprint density at radius 3 is 2.94 bits per heavy atom. The van der Waals surface area contributed by atoms with E-state index in [0.29, 0.717) is 12.6 Å². The molecule has 0 amide bonds. The highest BCUT2D eigenvalue weighted by Crippen LogP contribution is 2.28. The Kier molecular flexibility index (Phi) is 3.94. The van der Waals surface area contributed by atoms with Crippen molar-refractivity contribution in [2.75, 3.05) is 11.9 Å². The van der Waals surface area contributed by atoms with Gasteiger partial charge in [0.05, 0.1) is 11.9 Å². The number of aromatic nitrogens is 2. The number of anilines is 1. The zero-order valence-electron chi connectivity index (χ0n) is 10.8. The van der Waals surface area contributed by atoms with Gasteiger partial charge in [0.1, 0.15) is 5.82 Å². The topological polar surface area (TPSA) is 55.0 Å². The van der Waals surface area contributed by atoms with Crippen molar-refractivity contribution in [3.8, 4) is 0 Å². The standard InChI is InChI=1S/C13H22N4/c1-10-4-3-5-12(6-10)17(2)13-9-15-8-11(7-14)16-13/h8-10,12H,3-7,14H2,1-2H3. The van der Waals surface area contributed by atoms with Crippen LogP contribution in [-0.4, -0.2) is 23.1 Å². The van der Waals surface area contributed by atoms with Gasteiger partial charge < -0.3 is 10.6 Å². The van der Waals surface area contributed by atoms with E-state index in [2.05, 4.69) is 28.8 Å². The molecule has 0 aromatic carbocycles. The fourth-order valence-electron chi connectivity index (χ4n) is 2.60. The van der Waals surface area contributed by atoms with Gasteiger partial charge in [0.25, 0.3) is 0 Å². The molecule has 4 heteroatoms. The third kappa shape index (κ3) is 2.94. The predicted octanol–water partition coefficient (Wildman–Crippen LogP) is 1.95. The first-order valence-electron chi connectivity index (χ1n) is 6.44. The van der Waals surface area contributed by atoms with Crippen LogP contribution in [0.25, 0.3) is 0 Å². The van der Waals surface area contributed by atoms with Crippen LogP contribution in [0.5, 0.6) is 0 Å². The molecule has 1 aliphatic rings. The van der Waals surface area contributed by atoms with E-state index in [1.807, 2.05) is 6.20 Å². The van der Waals surface area contributed by atoms with Gasteiger partial charge in [-0.2, -0.15) is 0 Å². The van der Waals surface area contributed by atoms with Gasteiger partial charge in [0.2, 0.25) is 0 Å². The van der Waals surface area contributed by atoms with E-state index in [9.17, 15) is 0 Å². The molecule has 0 aliphatic heterocycles. The van der Waals surface area contributed by atoms with Gasteiger partial charge in [-0.1, -0.05) is 19.8 Å². The minimum Gasteiger partial charge on any atom is -0.355 e. The molecule has 4 nitrogen and oxygen atoms in total. The van der Waals surface area contributed by atoms with E-state index in [-0.39, 0.29) is 0 Å². The fraction of sp³-hybridized carbons (Fsp3) is 0.692. The molecule has 1 saturated carbocycles. The van der Waals surface area contributed by atoms with Crippen LogP contribution >= 0.6 is 0 Å². The van der Waals surface area contributed by atoms with Gasteiger partial charge in [-0.3, -0.25) is 4.98 Å². The Morgan fingerprint density at radius 2 is 2.24 bits per heavy atom. The maximum Gasteiger partial charge on any atom is 0.147 e. The second-order valence-electron chi connectivity index (χ2n) is 5.11. The van der Waals surface area contributed by atoms with Crippen molar-refractivity contribution in [3.05, 3.63) is 18.1 Å². The molecule has 94 valence electrons. The summed E-state index contributed by atoms with van der Waals surface area (Å²) >= 11 is 0. The zero-order valence-corrected chi connectivity index (χ0v) is 10.8. The SMILES string of the molecule is CC1CCCC(N(C)c2cncc(CN)n2)C1. The maximum absolute atomic E-state index is 5.60. The first kappa shape index (κ1) is 12.3. The third-order valence-corrected chi connectivity index (χ3v) is 3.70.